The molecule has 33 heavy (non-hydrogen) atoms. The van der Waals surface area contributed by atoms with Crippen LogP contribution in [0.2, 0.25) is 0 Å². The molecular weight excluding hydrogens is 499 g/mol. The van der Waals surface area contributed by atoms with E-state index in [1.807, 2.05) is 0 Å². The number of halogens is 3. The summed E-state index contributed by atoms with van der Waals surface area (Å²) in [6.07, 6.45) is -0.754. The summed E-state index contributed by atoms with van der Waals surface area (Å²) >= 11 is 1.00. The number of oxime groups is 1. The summed E-state index contributed by atoms with van der Waals surface area (Å²) in [7, 11) is -5.00. The molecule has 1 aromatic heterocycles. The van der Waals surface area contributed by atoms with E-state index in [2.05, 4.69) is 24.5 Å². The number of nitrogens with zero attached hydrogens (tertiary/aromatic N) is 3. The number of anilines is 1. The molecule has 2 aliphatic rings. The molecule has 2 amide bonds. The maximum atomic E-state index is 12.6. The van der Waals surface area contributed by atoms with E-state index >= 15 is 0 Å². The SMILES string of the molecule is CON=C(C(=O)N[C@@H]1C(=O)N2C(C(=O)O)=C(OS(=O)(=O)C(F)(F)F)CC[C@H]12)c1csc(N)n1. The van der Waals surface area contributed by atoms with E-state index in [0.29, 0.717) is 4.90 Å². The van der Waals surface area contributed by atoms with Crippen molar-refractivity contribution in [1.82, 2.24) is 15.2 Å². The third kappa shape index (κ3) is 4.42. The van der Waals surface area contributed by atoms with E-state index in [0.717, 1.165) is 18.4 Å². The van der Waals surface area contributed by atoms with E-state index in [1.165, 1.54) is 5.38 Å². The first-order valence-corrected chi connectivity index (χ1v) is 11.0. The maximum Gasteiger partial charge on any atom is 0.534 e. The minimum absolute atomic E-state index is 0.0447. The topological polar surface area (TPSA) is 191 Å². The van der Waals surface area contributed by atoms with Crippen LogP contribution in [0.1, 0.15) is 18.5 Å². The lowest BCUT2D eigenvalue weighted by molar-refractivity contribution is -0.156. The molecule has 180 valence electrons. The third-order valence-electron chi connectivity index (χ3n) is 4.54. The number of allylic oxidation sites excluding steroid dienone is 1. The first-order chi connectivity index (χ1) is 15.3. The van der Waals surface area contributed by atoms with Gasteiger partial charge in [-0.05, 0) is 6.42 Å². The number of nitrogens with two attached hydrogens (primary N) is 1. The van der Waals surface area contributed by atoms with E-state index in [-0.39, 0.29) is 23.0 Å². The summed E-state index contributed by atoms with van der Waals surface area (Å²) in [5, 5.41) is 16.8. The second-order valence-corrected chi connectivity index (χ2v) is 8.95. The number of rotatable bonds is 7. The normalized spacial score (nSPS) is 21.3. The number of β-lactam (4-membered cyclic amide) rings is 1. The van der Waals surface area contributed by atoms with Gasteiger partial charge >= 0.3 is 21.6 Å². The van der Waals surface area contributed by atoms with Crippen LogP contribution in [0.5, 0.6) is 0 Å². The molecule has 2 atom stereocenters. The molecule has 0 bridgehead atoms. The van der Waals surface area contributed by atoms with Crippen LogP contribution in [-0.2, 0) is 33.5 Å². The first-order valence-electron chi connectivity index (χ1n) is 8.72. The fourth-order valence-electron chi connectivity index (χ4n) is 3.19. The van der Waals surface area contributed by atoms with Crippen molar-refractivity contribution in [2.24, 2.45) is 5.16 Å². The number of thiazole rings is 1. The molecule has 3 rings (SSSR count). The molecule has 13 nitrogen and oxygen atoms in total. The summed E-state index contributed by atoms with van der Waals surface area (Å²) in [5.74, 6) is -4.85. The molecule has 3 heterocycles. The molecular formula is C15H14F3N5O8S2. The second-order valence-electron chi connectivity index (χ2n) is 6.52. The van der Waals surface area contributed by atoms with Gasteiger partial charge in [-0.2, -0.15) is 21.6 Å². The predicted molar refractivity (Wildman–Crippen MR) is 103 cm³/mol. The van der Waals surface area contributed by atoms with Gasteiger partial charge in [0.25, 0.3) is 11.8 Å². The number of aliphatic carboxylic acids is 1. The summed E-state index contributed by atoms with van der Waals surface area (Å²) in [4.78, 5) is 45.8. The van der Waals surface area contributed by atoms with Gasteiger partial charge in [0, 0.05) is 11.8 Å². The predicted octanol–water partition coefficient (Wildman–Crippen LogP) is -0.272. The van der Waals surface area contributed by atoms with Crippen LogP contribution in [-0.4, -0.2) is 71.6 Å². The first kappa shape index (κ1) is 24.2. The number of carboxylic acid groups (broad SMARTS) is 1. The Morgan fingerprint density at radius 3 is 2.61 bits per heavy atom. The smallest absolute Gasteiger partial charge is 0.476 e. The van der Waals surface area contributed by atoms with Crippen molar-refractivity contribution in [2.45, 2.75) is 30.4 Å². The highest BCUT2D eigenvalue weighted by molar-refractivity contribution is 7.87. The van der Waals surface area contributed by atoms with Crippen molar-refractivity contribution >= 4 is 50.1 Å². The van der Waals surface area contributed by atoms with Crippen molar-refractivity contribution in [3.8, 4) is 0 Å². The van der Waals surface area contributed by atoms with Crippen LogP contribution in [0.4, 0.5) is 18.3 Å². The lowest BCUT2D eigenvalue weighted by atomic mass is 9.85. The molecule has 2 aliphatic heterocycles. The van der Waals surface area contributed by atoms with Crippen molar-refractivity contribution in [3.05, 3.63) is 22.5 Å². The van der Waals surface area contributed by atoms with Crippen LogP contribution < -0.4 is 11.1 Å². The molecule has 1 saturated heterocycles. The number of hydrogen-bond acceptors (Lipinski definition) is 11. The Bertz CT molecular complexity index is 1180. The zero-order chi connectivity index (χ0) is 24.7. The van der Waals surface area contributed by atoms with Crippen LogP contribution in [0.15, 0.2) is 22.0 Å². The summed E-state index contributed by atoms with van der Waals surface area (Å²) < 4.78 is 64.4. The van der Waals surface area contributed by atoms with Gasteiger partial charge in [0.2, 0.25) is 0 Å². The van der Waals surface area contributed by atoms with Crippen LogP contribution in [0, 0.1) is 0 Å². The number of carbonyl (C=O) groups excluding carboxylic acids is 2. The molecule has 0 spiro atoms. The zero-order valence-corrected chi connectivity index (χ0v) is 18.0. The summed E-state index contributed by atoms with van der Waals surface area (Å²) in [6, 6.07) is -2.26. The standard InChI is InChI=1S/C15H14F3N5O8S2/c1-30-22-8(5-4-32-14(19)20-5)11(24)21-9-6-2-3-7(31-33(28,29)15(16,17)18)10(13(26)27)23(6)12(9)25/h4,6,9H,2-3H2,1H3,(H2,19,20)(H,21,24)(H,26,27)/t6-,9+/m1/s1. The Morgan fingerprint density at radius 1 is 1.42 bits per heavy atom. The Kier molecular flexibility index (Phi) is 6.25. The summed E-state index contributed by atoms with van der Waals surface area (Å²) in [5.41, 5.74) is -1.63. The van der Waals surface area contributed by atoms with Gasteiger partial charge in [-0.15, -0.1) is 11.3 Å². The fraction of sp³-hybridized carbons (Fsp3) is 0.400. The highest BCUT2D eigenvalue weighted by Gasteiger charge is 2.56. The lowest BCUT2D eigenvalue weighted by Gasteiger charge is -2.49. The summed E-state index contributed by atoms with van der Waals surface area (Å²) in [6.45, 7) is 0. The molecule has 0 aliphatic carbocycles. The molecule has 1 aromatic rings. The number of fused-ring (bicyclic) bond motifs is 1. The highest BCUT2D eigenvalue weighted by atomic mass is 32.2. The van der Waals surface area contributed by atoms with Crippen molar-refractivity contribution in [1.29, 1.82) is 0 Å². The van der Waals surface area contributed by atoms with E-state index in [1.54, 1.807) is 0 Å². The fourth-order valence-corrected chi connectivity index (χ4v) is 4.26. The monoisotopic (exact) mass is 513 g/mol. The van der Waals surface area contributed by atoms with E-state index in [9.17, 15) is 41.1 Å². The molecule has 4 N–H and O–H groups in total. The van der Waals surface area contributed by atoms with Crippen LogP contribution in [0.3, 0.4) is 0 Å². The van der Waals surface area contributed by atoms with Gasteiger partial charge in [-0.1, -0.05) is 5.16 Å². The Labute approximate surface area is 186 Å². The molecule has 0 radical (unpaired) electrons. The molecule has 0 aromatic carbocycles. The molecule has 1 fully saturated rings. The largest absolute Gasteiger partial charge is 0.534 e. The maximum absolute atomic E-state index is 12.6. The third-order valence-corrected chi connectivity index (χ3v) is 6.20. The number of hydrogen-bond donors (Lipinski definition) is 3. The van der Waals surface area contributed by atoms with Crippen LogP contribution >= 0.6 is 11.3 Å². The Balaban J connectivity index is 1.83. The molecule has 0 saturated carbocycles. The minimum Gasteiger partial charge on any atom is -0.476 e. The average molecular weight is 513 g/mol. The second kappa shape index (κ2) is 8.50. The highest BCUT2D eigenvalue weighted by Crippen LogP contribution is 2.39. The molecule has 18 heteroatoms. The van der Waals surface area contributed by atoms with E-state index in [4.69, 9.17) is 5.73 Å². The van der Waals surface area contributed by atoms with Crippen molar-refractivity contribution < 1.29 is 50.1 Å². The number of carbonyl (C=O) groups is 3. The number of amides is 2. The van der Waals surface area contributed by atoms with Crippen molar-refractivity contribution in [3.63, 3.8) is 0 Å². The van der Waals surface area contributed by atoms with Gasteiger partial charge in [-0.25, -0.2) is 9.78 Å². The minimum atomic E-state index is -6.15. The van der Waals surface area contributed by atoms with Crippen molar-refractivity contribution in [2.75, 3.05) is 12.8 Å². The van der Waals surface area contributed by atoms with Gasteiger partial charge in [0.05, 0.1) is 6.04 Å². The van der Waals surface area contributed by atoms with Gasteiger partial charge < -0.3 is 25.2 Å². The Hall–Kier alpha value is -3.41. The zero-order valence-electron chi connectivity index (χ0n) is 16.3. The van der Waals surface area contributed by atoms with E-state index < -0.39 is 63.4 Å². The number of carboxylic acids is 1. The number of nitrogen functional groups attached to an aromatic ring is 1. The Morgan fingerprint density at radius 2 is 2.09 bits per heavy atom. The van der Waals surface area contributed by atoms with Gasteiger partial charge in [0.1, 0.15) is 18.8 Å². The number of aromatic nitrogens is 1. The molecule has 0 unspecified atom stereocenters. The number of nitrogens with one attached hydrogen (secondary N) is 1. The quantitative estimate of drug-likeness (QED) is 0.144. The van der Waals surface area contributed by atoms with Crippen LogP contribution in [0.25, 0.3) is 0 Å². The number of alkyl halides is 3. The van der Waals surface area contributed by atoms with Gasteiger partial charge in [-0.3, -0.25) is 14.5 Å². The average Bonchev–Trinajstić information content (AvgIpc) is 3.14. The van der Waals surface area contributed by atoms with Gasteiger partial charge in [0.15, 0.2) is 22.3 Å². The lowest BCUT2D eigenvalue weighted by Crippen LogP contribution is -2.72.